The molecule has 0 bridgehead atoms. The van der Waals surface area contributed by atoms with Crippen LogP contribution in [0.4, 0.5) is 4.79 Å². The first-order chi connectivity index (χ1) is 7.75. The Hall–Kier alpha value is -1.46. The lowest BCUT2D eigenvalue weighted by molar-refractivity contribution is -0.593. The zero-order valence-electron chi connectivity index (χ0n) is 9.26. The highest BCUT2D eigenvalue weighted by atomic mass is 16.7. The summed E-state index contributed by atoms with van der Waals surface area (Å²) in [6, 6.07) is 3.72. The van der Waals surface area contributed by atoms with Crippen LogP contribution in [-0.4, -0.2) is 37.5 Å². The third kappa shape index (κ3) is 2.77. The van der Waals surface area contributed by atoms with Crippen LogP contribution in [-0.2, 0) is 9.57 Å². The lowest BCUT2D eigenvalue weighted by Crippen LogP contribution is -2.48. The number of hydrogen-bond donors (Lipinski definition) is 0. The number of carbonyl (C=O) groups excluding carboxylic acids is 1. The van der Waals surface area contributed by atoms with Crippen LogP contribution >= 0.6 is 0 Å². The van der Waals surface area contributed by atoms with Crippen LogP contribution in [0.3, 0.4) is 0 Å². The molecule has 1 aliphatic rings. The van der Waals surface area contributed by atoms with Gasteiger partial charge in [-0.25, -0.2) is 0 Å². The van der Waals surface area contributed by atoms with E-state index >= 15 is 0 Å². The number of morpholine rings is 1. The fourth-order valence-corrected chi connectivity index (χ4v) is 1.42. The van der Waals surface area contributed by atoms with Crippen molar-refractivity contribution in [2.24, 2.45) is 0 Å². The average molecular weight is 223 g/mol. The van der Waals surface area contributed by atoms with Crippen LogP contribution in [0.2, 0.25) is 0 Å². The van der Waals surface area contributed by atoms with Gasteiger partial charge < -0.3 is 9.57 Å². The smallest absolute Gasteiger partial charge is 0.379 e. The summed E-state index contributed by atoms with van der Waals surface area (Å²) in [4.78, 5) is 16.9. The van der Waals surface area contributed by atoms with Gasteiger partial charge in [-0.15, -0.1) is 5.06 Å². The van der Waals surface area contributed by atoms with Crippen molar-refractivity contribution in [1.29, 1.82) is 0 Å². The van der Waals surface area contributed by atoms with E-state index in [2.05, 4.69) is 0 Å². The molecule has 0 N–H and O–H groups in total. The van der Waals surface area contributed by atoms with Crippen molar-refractivity contribution >= 4 is 6.09 Å². The lowest BCUT2D eigenvalue weighted by atomic mass is 10.3. The average Bonchev–Trinajstić information content (AvgIpc) is 2.31. The van der Waals surface area contributed by atoms with E-state index in [4.69, 9.17) is 9.57 Å². The summed E-state index contributed by atoms with van der Waals surface area (Å²) in [5, 5.41) is 1.62. The predicted octanol–water partition coefficient (Wildman–Crippen LogP) is 0.514. The maximum atomic E-state index is 11.7. The van der Waals surface area contributed by atoms with Crippen LogP contribution in [0.1, 0.15) is 5.56 Å². The van der Waals surface area contributed by atoms with E-state index in [0.29, 0.717) is 26.3 Å². The first-order valence-corrected chi connectivity index (χ1v) is 5.28. The van der Waals surface area contributed by atoms with Gasteiger partial charge in [0.1, 0.15) is 0 Å². The minimum Gasteiger partial charge on any atom is -0.379 e. The largest absolute Gasteiger partial charge is 0.621 e. The van der Waals surface area contributed by atoms with Crippen LogP contribution in [0.5, 0.6) is 0 Å². The number of aryl methyl sites for hydroxylation is 1. The summed E-state index contributed by atoms with van der Waals surface area (Å²) in [5.41, 5.74) is 1.11. The standard InChI is InChI=1S/C11H15N2O3/c1-10-2-4-12(5-3-10)11(14)16-13-6-8-15-9-7-13/h2-5H,6-9H2,1H3/q+1. The third-order valence-electron chi connectivity index (χ3n) is 2.38. The Bertz CT molecular complexity index is 358. The second-order valence-electron chi connectivity index (χ2n) is 3.68. The summed E-state index contributed by atoms with van der Waals surface area (Å²) in [6.45, 7) is 4.42. The molecular formula is C11H15N2O3+. The van der Waals surface area contributed by atoms with Crippen molar-refractivity contribution in [3.05, 3.63) is 30.1 Å². The third-order valence-corrected chi connectivity index (χ3v) is 2.38. The molecule has 1 aromatic heterocycles. The molecule has 1 saturated heterocycles. The number of ether oxygens (including phenoxy) is 1. The second-order valence-corrected chi connectivity index (χ2v) is 3.68. The van der Waals surface area contributed by atoms with Crippen molar-refractivity contribution in [3.63, 3.8) is 0 Å². The van der Waals surface area contributed by atoms with Crippen molar-refractivity contribution in [1.82, 2.24) is 5.06 Å². The van der Waals surface area contributed by atoms with Crippen molar-refractivity contribution in [3.8, 4) is 0 Å². The molecule has 2 heterocycles. The number of pyridine rings is 1. The van der Waals surface area contributed by atoms with E-state index in [1.54, 1.807) is 17.5 Å². The molecule has 5 nitrogen and oxygen atoms in total. The maximum Gasteiger partial charge on any atom is 0.621 e. The monoisotopic (exact) mass is 223 g/mol. The molecule has 0 radical (unpaired) electrons. The van der Waals surface area contributed by atoms with Crippen LogP contribution in [0.15, 0.2) is 24.5 Å². The molecule has 2 rings (SSSR count). The molecule has 0 atom stereocenters. The minimum atomic E-state index is -0.387. The van der Waals surface area contributed by atoms with Crippen LogP contribution in [0.25, 0.3) is 0 Å². The van der Waals surface area contributed by atoms with Gasteiger partial charge in [0, 0.05) is 12.1 Å². The van der Waals surface area contributed by atoms with Gasteiger partial charge in [0.2, 0.25) is 0 Å². The summed E-state index contributed by atoms with van der Waals surface area (Å²) >= 11 is 0. The van der Waals surface area contributed by atoms with Crippen molar-refractivity contribution in [2.75, 3.05) is 26.3 Å². The van der Waals surface area contributed by atoms with Gasteiger partial charge in [-0.05, 0) is 12.5 Å². The lowest BCUT2D eigenvalue weighted by Gasteiger charge is -2.22. The second kappa shape index (κ2) is 5.05. The van der Waals surface area contributed by atoms with Crippen LogP contribution in [0, 0.1) is 6.92 Å². The molecule has 0 aliphatic carbocycles. The molecule has 16 heavy (non-hydrogen) atoms. The zero-order chi connectivity index (χ0) is 11.4. The Morgan fingerprint density at radius 2 is 2.00 bits per heavy atom. The first-order valence-electron chi connectivity index (χ1n) is 5.28. The Morgan fingerprint density at radius 3 is 2.62 bits per heavy atom. The molecule has 1 aromatic rings. The normalized spacial score (nSPS) is 17.1. The fourth-order valence-electron chi connectivity index (χ4n) is 1.42. The van der Waals surface area contributed by atoms with E-state index in [0.717, 1.165) is 5.56 Å². The molecule has 0 unspecified atom stereocenters. The fraction of sp³-hybridized carbons (Fsp3) is 0.455. The predicted molar refractivity (Wildman–Crippen MR) is 55.6 cm³/mol. The minimum absolute atomic E-state index is 0.387. The number of hydroxylamine groups is 2. The summed E-state index contributed by atoms with van der Waals surface area (Å²) in [6.07, 6.45) is 3.00. The highest BCUT2D eigenvalue weighted by molar-refractivity contribution is 5.56. The summed E-state index contributed by atoms with van der Waals surface area (Å²) in [5.74, 6) is 0. The molecule has 0 saturated carbocycles. The zero-order valence-corrected chi connectivity index (χ0v) is 9.26. The summed E-state index contributed by atoms with van der Waals surface area (Å²) in [7, 11) is 0. The molecule has 1 fully saturated rings. The number of rotatable bonds is 1. The maximum absolute atomic E-state index is 11.7. The molecular weight excluding hydrogens is 208 g/mol. The van der Waals surface area contributed by atoms with Gasteiger partial charge in [0.25, 0.3) is 0 Å². The number of nitrogens with zero attached hydrogens (tertiary/aromatic N) is 2. The van der Waals surface area contributed by atoms with E-state index in [1.165, 1.54) is 4.57 Å². The number of aromatic nitrogens is 1. The van der Waals surface area contributed by atoms with Gasteiger partial charge in [-0.1, -0.05) is 4.57 Å². The molecule has 5 heteroatoms. The van der Waals surface area contributed by atoms with E-state index in [-0.39, 0.29) is 6.09 Å². The molecule has 0 aromatic carbocycles. The van der Waals surface area contributed by atoms with E-state index in [1.807, 2.05) is 19.1 Å². The number of hydrogen-bond acceptors (Lipinski definition) is 4. The van der Waals surface area contributed by atoms with Crippen molar-refractivity contribution < 1.29 is 18.9 Å². The highest BCUT2D eigenvalue weighted by Crippen LogP contribution is 1.98. The Balaban J connectivity index is 1.94. The van der Waals surface area contributed by atoms with Crippen molar-refractivity contribution in [2.45, 2.75) is 6.92 Å². The van der Waals surface area contributed by atoms with E-state index in [9.17, 15) is 4.79 Å². The first kappa shape index (κ1) is 11.0. The Kier molecular flexibility index (Phi) is 3.48. The molecule has 0 spiro atoms. The molecule has 1 aliphatic heterocycles. The van der Waals surface area contributed by atoms with Crippen LogP contribution < -0.4 is 4.57 Å². The highest BCUT2D eigenvalue weighted by Gasteiger charge is 2.22. The van der Waals surface area contributed by atoms with Gasteiger partial charge >= 0.3 is 6.09 Å². The summed E-state index contributed by atoms with van der Waals surface area (Å²) < 4.78 is 6.58. The van der Waals surface area contributed by atoms with Gasteiger partial charge in [-0.2, -0.15) is 4.79 Å². The van der Waals surface area contributed by atoms with Gasteiger partial charge in [-0.3, -0.25) is 0 Å². The Morgan fingerprint density at radius 1 is 1.38 bits per heavy atom. The van der Waals surface area contributed by atoms with E-state index < -0.39 is 0 Å². The van der Waals surface area contributed by atoms with Gasteiger partial charge in [0.15, 0.2) is 12.4 Å². The van der Waals surface area contributed by atoms with Gasteiger partial charge in [0.05, 0.1) is 26.3 Å². The topological polar surface area (TPSA) is 42.7 Å². The molecule has 0 amide bonds. The molecule has 86 valence electrons. The Labute approximate surface area is 94.1 Å². The SMILES string of the molecule is Cc1cc[n+](C(=O)ON2CCOCC2)cc1. The number of carbonyl (C=O) groups is 1. The quantitative estimate of drug-likeness (QED) is 0.651.